The molecule has 0 radical (unpaired) electrons. The lowest BCUT2D eigenvalue weighted by atomic mass is 10.0. The van der Waals surface area contributed by atoms with Crippen molar-refractivity contribution in [2.24, 2.45) is 0 Å². The zero-order valence-electron chi connectivity index (χ0n) is 17.0. The Hall–Kier alpha value is -3.94. The number of esters is 1. The largest absolute Gasteiger partial charge is 0.427 e. The van der Waals surface area contributed by atoms with E-state index >= 15 is 0 Å². The zero-order valence-corrected chi connectivity index (χ0v) is 17.0. The summed E-state index contributed by atoms with van der Waals surface area (Å²) in [5.41, 5.74) is 3.42. The van der Waals surface area contributed by atoms with Crippen molar-refractivity contribution >= 4 is 17.5 Å². The minimum atomic E-state index is -0.402. The molecule has 7 nitrogen and oxygen atoms in total. The first-order valence-corrected chi connectivity index (χ1v) is 9.69. The van der Waals surface area contributed by atoms with E-state index in [1.807, 2.05) is 13.8 Å². The first-order valence-electron chi connectivity index (χ1n) is 9.69. The van der Waals surface area contributed by atoms with Crippen LogP contribution in [0, 0.1) is 19.7 Å². The van der Waals surface area contributed by atoms with Crippen molar-refractivity contribution < 1.29 is 18.7 Å². The van der Waals surface area contributed by atoms with Gasteiger partial charge in [-0.05, 0) is 74.4 Å². The fraction of sp³-hybridized carbons (Fsp3) is 0.174. The Morgan fingerprint density at radius 3 is 2.32 bits per heavy atom. The number of ketones is 1. The molecule has 156 valence electrons. The number of aromatic nitrogens is 4. The highest BCUT2D eigenvalue weighted by Crippen LogP contribution is 2.18. The minimum absolute atomic E-state index is 0.166. The van der Waals surface area contributed by atoms with E-state index in [4.69, 9.17) is 4.74 Å². The summed E-state index contributed by atoms with van der Waals surface area (Å²) >= 11 is 0. The molecule has 0 amide bonds. The molecule has 2 heterocycles. The molecule has 0 saturated heterocycles. The van der Waals surface area contributed by atoms with Gasteiger partial charge in [-0.25, -0.2) is 13.9 Å². The fourth-order valence-corrected chi connectivity index (χ4v) is 3.37. The van der Waals surface area contributed by atoms with Crippen molar-refractivity contribution in [3.8, 4) is 5.75 Å². The standard InChI is InChI=1S/C23H19FN4O3/c1-14-20(15(2)28-23(27-14)25-13-26-28)11-12-21(29)31-19-9-5-17(6-10-19)22(30)16-3-7-18(24)8-4-16/h3-10,13H,11-12H2,1-2H3. The Kier molecular flexibility index (Phi) is 5.53. The van der Waals surface area contributed by atoms with Crippen LogP contribution >= 0.6 is 0 Å². The van der Waals surface area contributed by atoms with Gasteiger partial charge in [-0.2, -0.15) is 10.1 Å². The first kappa shape index (κ1) is 20.3. The van der Waals surface area contributed by atoms with Crippen LogP contribution in [-0.4, -0.2) is 31.3 Å². The van der Waals surface area contributed by atoms with Gasteiger partial charge in [0.05, 0.1) is 6.42 Å². The van der Waals surface area contributed by atoms with E-state index in [9.17, 15) is 14.0 Å². The summed E-state index contributed by atoms with van der Waals surface area (Å²) in [7, 11) is 0. The van der Waals surface area contributed by atoms with Crippen LogP contribution < -0.4 is 4.74 Å². The maximum Gasteiger partial charge on any atom is 0.311 e. The van der Waals surface area contributed by atoms with Crippen LogP contribution in [0.25, 0.3) is 5.78 Å². The molecule has 0 aliphatic carbocycles. The Morgan fingerprint density at radius 2 is 1.65 bits per heavy atom. The van der Waals surface area contributed by atoms with E-state index in [-0.39, 0.29) is 12.2 Å². The number of halogens is 1. The molecule has 0 unspecified atom stereocenters. The molecule has 0 fully saturated rings. The molecule has 4 aromatic rings. The Bertz CT molecular complexity index is 1260. The Morgan fingerprint density at radius 1 is 1.00 bits per heavy atom. The first-order chi connectivity index (χ1) is 14.9. The van der Waals surface area contributed by atoms with E-state index < -0.39 is 11.8 Å². The zero-order chi connectivity index (χ0) is 22.0. The predicted octanol–water partition coefficient (Wildman–Crippen LogP) is 3.65. The highest BCUT2D eigenvalue weighted by molar-refractivity contribution is 6.09. The second kappa shape index (κ2) is 8.43. The minimum Gasteiger partial charge on any atom is -0.427 e. The van der Waals surface area contributed by atoms with Crippen LogP contribution in [0.5, 0.6) is 5.75 Å². The lowest BCUT2D eigenvalue weighted by molar-refractivity contribution is -0.134. The molecule has 0 aliphatic heterocycles. The molecule has 2 aromatic carbocycles. The topological polar surface area (TPSA) is 86.4 Å². The van der Waals surface area contributed by atoms with Gasteiger partial charge in [-0.15, -0.1) is 0 Å². The lowest BCUT2D eigenvalue weighted by Crippen LogP contribution is -2.12. The number of hydrogen-bond acceptors (Lipinski definition) is 6. The molecule has 8 heteroatoms. The molecule has 0 atom stereocenters. The number of rotatable bonds is 6. The van der Waals surface area contributed by atoms with E-state index in [1.54, 1.807) is 28.8 Å². The third kappa shape index (κ3) is 4.32. The van der Waals surface area contributed by atoms with Crippen LogP contribution in [0.15, 0.2) is 54.9 Å². The second-order valence-corrected chi connectivity index (χ2v) is 7.07. The maximum atomic E-state index is 13.0. The normalized spacial score (nSPS) is 10.9. The van der Waals surface area contributed by atoms with Gasteiger partial charge in [-0.1, -0.05) is 0 Å². The van der Waals surface area contributed by atoms with Gasteiger partial charge in [-0.3, -0.25) is 9.59 Å². The van der Waals surface area contributed by atoms with Gasteiger partial charge in [0.2, 0.25) is 0 Å². The highest BCUT2D eigenvalue weighted by atomic mass is 19.1. The lowest BCUT2D eigenvalue weighted by Gasteiger charge is -2.10. The van der Waals surface area contributed by atoms with Crippen molar-refractivity contribution in [3.63, 3.8) is 0 Å². The van der Waals surface area contributed by atoms with Gasteiger partial charge in [0, 0.05) is 22.5 Å². The summed E-state index contributed by atoms with van der Waals surface area (Å²) in [5, 5.41) is 4.14. The van der Waals surface area contributed by atoms with E-state index in [0.29, 0.717) is 29.1 Å². The molecule has 0 N–H and O–H groups in total. The molecule has 4 rings (SSSR count). The van der Waals surface area contributed by atoms with Crippen LogP contribution in [0.4, 0.5) is 4.39 Å². The maximum absolute atomic E-state index is 13.0. The van der Waals surface area contributed by atoms with Gasteiger partial charge in [0.1, 0.15) is 17.9 Å². The number of nitrogens with zero attached hydrogens (tertiary/aromatic N) is 4. The van der Waals surface area contributed by atoms with Crippen molar-refractivity contribution in [1.29, 1.82) is 0 Å². The monoisotopic (exact) mass is 418 g/mol. The smallest absolute Gasteiger partial charge is 0.311 e. The summed E-state index contributed by atoms with van der Waals surface area (Å²) < 4.78 is 20.1. The average molecular weight is 418 g/mol. The van der Waals surface area contributed by atoms with Gasteiger partial charge < -0.3 is 4.74 Å². The third-order valence-electron chi connectivity index (χ3n) is 5.02. The summed E-state index contributed by atoms with van der Waals surface area (Å²) in [6.07, 6.45) is 2.07. The average Bonchev–Trinajstić information content (AvgIpc) is 3.23. The van der Waals surface area contributed by atoms with Crippen LogP contribution in [0.2, 0.25) is 0 Å². The van der Waals surface area contributed by atoms with Gasteiger partial charge in [0.15, 0.2) is 5.78 Å². The van der Waals surface area contributed by atoms with Crippen LogP contribution in [-0.2, 0) is 11.2 Å². The van der Waals surface area contributed by atoms with Crippen molar-refractivity contribution in [3.05, 3.63) is 88.8 Å². The fourth-order valence-electron chi connectivity index (χ4n) is 3.37. The second-order valence-electron chi connectivity index (χ2n) is 7.07. The summed E-state index contributed by atoms with van der Waals surface area (Å²) in [6.45, 7) is 3.78. The van der Waals surface area contributed by atoms with Crippen molar-refractivity contribution in [2.75, 3.05) is 0 Å². The molecular weight excluding hydrogens is 399 g/mol. The highest BCUT2D eigenvalue weighted by Gasteiger charge is 2.14. The van der Waals surface area contributed by atoms with Crippen LogP contribution in [0.1, 0.15) is 39.3 Å². The number of carbonyl (C=O) groups is 2. The van der Waals surface area contributed by atoms with Crippen molar-refractivity contribution in [1.82, 2.24) is 19.6 Å². The number of ether oxygens (including phenoxy) is 1. The summed E-state index contributed by atoms with van der Waals surface area (Å²) in [4.78, 5) is 33.2. The number of hydrogen-bond donors (Lipinski definition) is 0. The van der Waals surface area contributed by atoms with E-state index in [2.05, 4.69) is 15.1 Å². The Labute approximate surface area is 177 Å². The van der Waals surface area contributed by atoms with E-state index in [1.165, 1.54) is 30.6 Å². The molecule has 2 aromatic heterocycles. The van der Waals surface area contributed by atoms with E-state index in [0.717, 1.165) is 17.0 Å². The SMILES string of the molecule is Cc1nc2ncnn2c(C)c1CCC(=O)Oc1ccc(C(=O)c2ccc(F)cc2)cc1. The molecule has 0 bridgehead atoms. The Balaban J connectivity index is 1.39. The molecule has 0 saturated carbocycles. The molecule has 0 spiro atoms. The third-order valence-corrected chi connectivity index (χ3v) is 5.02. The number of aryl methyl sites for hydroxylation is 2. The van der Waals surface area contributed by atoms with Gasteiger partial charge in [0.25, 0.3) is 5.78 Å². The van der Waals surface area contributed by atoms with Gasteiger partial charge >= 0.3 is 5.97 Å². The summed E-state index contributed by atoms with van der Waals surface area (Å²) in [6, 6.07) is 11.6. The van der Waals surface area contributed by atoms with Crippen molar-refractivity contribution in [2.45, 2.75) is 26.7 Å². The predicted molar refractivity (Wildman–Crippen MR) is 110 cm³/mol. The molecular formula is C23H19FN4O3. The number of fused-ring (bicyclic) bond motifs is 1. The summed E-state index contributed by atoms with van der Waals surface area (Å²) in [5.74, 6) is -0.160. The van der Waals surface area contributed by atoms with Crippen LogP contribution in [0.3, 0.4) is 0 Å². The quantitative estimate of drug-likeness (QED) is 0.270. The number of benzene rings is 2. The molecule has 0 aliphatic rings. The molecule has 31 heavy (non-hydrogen) atoms. The number of carbonyl (C=O) groups excluding carboxylic acids is 2.